The standard InChI is InChI=1S/C15H14FNO2S/c1-9-2-5-13(17)14(6-9)20-8-11-7-10(15(18)19)3-4-12(11)16/h2-7H,8,17H2,1H3,(H,18,19). The van der Waals surface area contributed by atoms with Crippen LogP contribution in [0.5, 0.6) is 0 Å². The minimum atomic E-state index is -1.06. The molecule has 0 atom stereocenters. The maximum atomic E-state index is 13.7. The summed E-state index contributed by atoms with van der Waals surface area (Å²) in [4.78, 5) is 11.8. The van der Waals surface area contributed by atoms with Gasteiger partial charge in [0.1, 0.15) is 5.82 Å². The van der Waals surface area contributed by atoms with E-state index in [4.69, 9.17) is 10.8 Å². The van der Waals surface area contributed by atoms with Gasteiger partial charge in [-0.1, -0.05) is 6.07 Å². The number of carboxylic acid groups (broad SMARTS) is 1. The van der Waals surface area contributed by atoms with Gasteiger partial charge in [0.15, 0.2) is 0 Å². The van der Waals surface area contributed by atoms with Crippen LogP contribution in [0, 0.1) is 12.7 Å². The summed E-state index contributed by atoms with van der Waals surface area (Å²) in [7, 11) is 0. The van der Waals surface area contributed by atoms with Crippen molar-refractivity contribution in [2.24, 2.45) is 0 Å². The number of hydrogen-bond donors (Lipinski definition) is 2. The van der Waals surface area contributed by atoms with Gasteiger partial charge in [0.05, 0.1) is 5.56 Å². The number of halogens is 1. The van der Waals surface area contributed by atoms with Gasteiger partial charge in [0.2, 0.25) is 0 Å². The van der Waals surface area contributed by atoms with Crippen molar-refractivity contribution in [2.75, 3.05) is 5.73 Å². The van der Waals surface area contributed by atoms with E-state index >= 15 is 0 Å². The van der Waals surface area contributed by atoms with Gasteiger partial charge in [-0.05, 0) is 48.4 Å². The fraction of sp³-hybridized carbons (Fsp3) is 0.133. The van der Waals surface area contributed by atoms with Crippen LogP contribution in [0.4, 0.5) is 10.1 Å². The predicted octanol–water partition coefficient (Wildman–Crippen LogP) is 3.71. The van der Waals surface area contributed by atoms with E-state index in [0.29, 0.717) is 17.0 Å². The number of aryl methyl sites for hydroxylation is 1. The molecule has 0 aliphatic rings. The summed E-state index contributed by atoms with van der Waals surface area (Å²) in [5.74, 6) is -1.14. The molecule has 0 aliphatic carbocycles. The number of nitrogens with two attached hydrogens (primary N) is 1. The molecular formula is C15H14FNO2S. The molecule has 0 aromatic heterocycles. The highest BCUT2D eigenvalue weighted by molar-refractivity contribution is 7.98. The van der Waals surface area contributed by atoms with Crippen LogP contribution in [0.3, 0.4) is 0 Å². The second kappa shape index (κ2) is 5.96. The maximum absolute atomic E-state index is 13.7. The van der Waals surface area contributed by atoms with Gasteiger partial charge >= 0.3 is 5.97 Å². The summed E-state index contributed by atoms with van der Waals surface area (Å²) in [5, 5.41) is 8.92. The molecule has 0 amide bonds. The van der Waals surface area contributed by atoms with Crippen LogP contribution in [-0.2, 0) is 5.75 Å². The number of anilines is 1. The van der Waals surface area contributed by atoms with E-state index in [2.05, 4.69) is 0 Å². The van der Waals surface area contributed by atoms with Crippen molar-refractivity contribution in [1.29, 1.82) is 0 Å². The maximum Gasteiger partial charge on any atom is 0.335 e. The van der Waals surface area contributed by atoms with Crippen LogP contribution >= 0.6 is 11.8 Å². The number of rotatable bonds is 4. The van der Waals surface area contributed by atoms with Crippen molar-refractivity contribution < 1.29 is 14.3 Å². The Hall–Kier alpha value is -2.01. The molecule has 0 aliphatic heterocycles. The fourth-order valence-electron chi connectivity index (χ4n) is 1.74. The van der Waals surface area contributed by atoms with Gasteiger partial charge in [-0.15, -0.1) is 11.8 Å². The van der Waals surface area contributed by atoms with Crippen LogP contribution in [0.25, 0.3) is 0 Å². The quantitative estimate of drug-likeness (QED) is 0.666. The minimum absolute atomic E-state index is 0.0826. The molecule has 0 spiro atoms. The summed E-state index contributed by atoms with van der Waals surface area (Å²) in [6.45, 7) is 1.95. The van der Waals surface area contributed by atoms with E-state index in [1.807, 2.05) is 25.1 Å². The van der Waals surface area contributed by atoms with Gasteiger partial charge in [0, 0.05) is 16.3 Å². The van der Waals surface area contributed by atoms with Gasteiger partial charge in [0.25, 0.3) is 0 Å². The fourth-order valence-corrected chi connectivity index (χ4v) is 2.78. The zero-order chi connectivity index (χ0) is 14.7. The number of carbonyl (C=O) groups is 1. The summed E-state index contributed by atoms with van der Waals surface area (Å²) in [6.07, 6.45) is 0. The third-order valence-corrected chi connectivity index (χ3v) is 3.96. The molecule has 0 radical (unpaired) electrons. The highest BCUT2D eigenvalue weighted by atomic mass is 32.2. The Bertz CT molecular complexity index is 658. The van der Waals surface area contributed by atoms with E-state index < -0.39 is 11.8 Å². The molecule has 0 unspecified atom stereocenters. The van der Waals surface area contributed by atoms with Gasteiger partial charge in [-0.25, -0.2) is 9.18 Å². The first-order chi connectivity index (χ1) is 9.47. The first-order valence-electron chi connectivity index (χ1n) is 5.98. The van der Waals surface area contributed by atoms with Crippen molar-refractivity contribution in [3.8, 4) is 0 Å². The summed E-state index contributed by atoms with van der Waals surface area (Å²) in [5.41, 5.74) is 8.01. The number of hydrogen-bond acceptors (Lipinski definition) is 3. The normalized spacial score (nSPS) is 10.5. The van der Waals surface area contributed by atoms with Gasteiger partial charge in [-0.3, -0.25) is 0 Å². The molecule has 2 aromatic rings. The Balaban J connectivity index is 2.20. The Morgan fingerprint density at radius 3 is 2.75 bits per heavy atom. The predicted molar refractivity (Wildman–Crippen MR) is 78.5 cm³/mol. The molecule has 20 heavy (non-hydrogen) atoms. The minimum Gasteiger partial charge on any atom is -0.478 e. The molecule has 5 heteroatoms. The van der Waals surface area contributed by atoms with E-state index in [1.54, 1.807) is 0 Å². The number of thioether (sulfide) groups is 1. The van der Waals surface area contributed by atoms with Crippen molar-refractivity contribution >= 4 is 23.4 Å². The lowest BCUT2D eigenvalue weighted by Gasteiger charge is -2.08. The Kier molecular flexibility index (Phi) is 4.29. The van der Waals surface area contributed by atoms with Crippen molar-refractivity contribution in [3.05, 3.63) is 58.9 Å². The van der Waals surface area contributed by atoms with Crippen LogP contribution in [0.1, 0.15) is 21.5 Å². The molecule has 3 N–H and O–H groups in total. The molecule has 0 fully saturated rings. The number of benzene rings is 2. The Morgan fingerprint density at radius 2 is 2.05 bits per heavy atom. The van der Waals surface area contributed by atoms with Gasteiger partial charge in [-0.2, -0.15) is 0 Å². The zero-order valence-electron chi connectivity index (χ0n) is 10.9. The first kappa shape index (κ1) is 14.4. The average Bonchev–Trinajstić information content (AvgIpc) is 2.41. The van der Waals surface area contributed by atoms with Crippen molar-refractivity contribution in [1.82, 2.24) is 0 Å². The second-order valence-electron chi connectivity index (χ2n) is 4.44. The highest BCUT2D eigenvalue weighted by Gasteiger charge is 2.09. The lowest BCUT2D eigenvalue weighted by Crippen LogP contribution is -1.99. The van der Waals surface area contributed by atoms with Crippen LogP contribution < -0.4 is 5.73 Å². The zero-order valence-corrected chi connectivity index (χ0v) is 11.7. The molecule has 104 valence electrons. The smallest absolute Gasteiger partial charge is 0.335 e. The lowest BCUT2D eigenvalue weighted by atomic mass is 10.1. The molecule has 0 heterocycles. The second-order valence-corrected chi connectivity index (χ2v) is 5.46. The Labute approximate surface area is 120 Å². The van der Waals surface area contributed by atoms with Crippen molar-refractivity contribution in [2.45, 2.75) is 17.6 Å². The number of carboxylic acids is 1. The molecule has 0 saturated heterocycles. The lowest BCUT2D eigenvalue weighted by molar-refractivity contribution is 0.0696. The number of nitrogen functional groups attached to an aromatic ring is 1. The molecular weight excluding hydrogens is 277 g/mol. The monoisotopic (exact) mass is 291 g/mol. The van der Waals surface area contributed by atoms with E-state index in [1.165, 1.54) is 30.0 Å². The van der Waals surface area contributed by atoms with Gasteiger partial charge < -0.3 is 10.8 Å². The first-order valence-corrected chi connectivity index (χ1v) is 6.96. The van der Waals surface area contributed by atoms with E-state index in [0.717, 1.165) is 10.5 Å². The Morgan fingerprint density at radius 1 is 1.30 bits per heavy atom. The highest BCUT2D eigenvalue weighted by Crippen LogP contribution is 2.30. The van der Waals surface area contributed by atoms with E-state index in [9.17, 15) is 9.18 Å². The van der Waals surface area contributed by atoms with Crippen molar-refractivity contribution in [3.63, 3.8) is 0 Å². The molecule has 3 nitrogen and oxygen atoms in total. The SMILES string of the molecule is Cc1ccc(N)c(SCc2cc(C(=O)O)ccc2F)c1. The van der Waals surface area contributed by atoms with E-state index in [-0.39, 0.29) is 5.56 Å². The van der Waals surface area contributed by atoms with Crippen LogP contribution in [-0.4, -0.2) is 11.1 Å². The molecule has 0 bridgehead atoms. The molecule has 2 aromatic carbocycles. The third-order valence-electron chi connectivity index (χ3n) is 2.84. The molecule has 2 rings (SSSR count). The van der Waals surface area contributed by atoms with Crippen LogP contribution in [0.2, 0.25) is 0 Å². The summed E-state index contributed by atoms with van der Waals surface area (Å²) in [6, 6.07) is 9.44. The largest absolute Gasteiger partial charge is 0.478 e. The third kappa shape index (κ3) is 3.30. The average molecular weight is 291 g/mol. The summed E-state index contributed by atoms with van der Waals surface area (Å²) < 4.78 is 13.7. The van der Waals surface area contributed by atoms with Crippen LogP contribution in [0.15, 0.2) is 41.3 Å². The number of aromatic carboxylic acids is 1. The summed E-state index contributed by atoms with van der Waals surface area (Å²) >= 11 is 1.39. The topological polar surface area (TPSA) is 63.3 Å². The molecule has 0 saturated carbocycles.